The molecule has 102 valence electrons. The summed E-state index contributed by atoms with van der Waals surface area (Å²) in [6.45, 7) is 7.34. The summed E-state index contributed by atoms with van der Waals surface area (Å²) in [6.07, 6.45) is 1.84. The van der Waals surface area contributed by atoms with Crippen LogP contribution in [0.1, 0.15) is 33.0 Å². The van der Waals surface area contributed by atoms with Gasteiger partial charge in [-0.1, -0.05) is 13.8 Å². The minimum Gasteiger partial charge on any atom is -0.475 e. The van der Waals surface area contributed by atoms with Gasteiger partial charge in [0, 0.05) is 25.6 Å². The van der Waals surface area contributed by atoms with Crippen LogP contribution in [0.2, 0.25) is 0 Å². The number of aromatic nitrogens is 2. The monoisotopic (exact) mass is 253 g/mol. The fourth-order valence-electron chi connectivity index (χ4n) is 1.36. The van der Waals surface area contributed by atoms with Crippen LogP contribution in [0.3, 0.4) is 0 Å². The molecular weight excluding hydrogens is 230 g/mol. The van der Waals surface area contributed by atoms with Gasteiger partial charge < -0.3 is 14.8 Å². The molecule has 5 heteroatoms. The Labute approximate surface area is 109 Å². The molecule has 0 fully saturated rings. The van der Waals surface area contributed by atoms with Gasteiger partial charge in [-0.3, -0.25) is 0 Å². The van der Waals surface area contributed by atoms with Crippen molar-refractivity contribution < 1.29 is 9.47 Å². The lowest BCUT2D eigenvalue weighted by Crippen LogP contribution is -2.16. The average Bonchev–Trinajstić information content (AvgIpc) is 2.38. The average molecular weight is 253 g/mol. The van der Waals surface area contributed by atoms with Crippen molar-refractivity contribution in [3.63, 3.8) is 0 Å². The van der Waals surface area contributed by atoms with E-state index in [4.69, 9.17) is 9.47 Å². The Morgan fingerprint density at radius 1 is 1.28 bits per heavy atom. The summed E-state index contributed by atoms with van der Waals surface area (Å²) in [7, 11) is 1.65. The Balaban J connectivity index is 2.74. The van der Waals surface area contributed by atoms with Crippen molar-refractivity contribution in [2.24, 2.45) is 0 Å². The third-order valence-corrected chi connectivity index (χ3v) is 2.61. The van der Waals surface area contributed by atoms with Gasteiger partial charge >= 0.3 is 0 Å². The van der Waals surface area contributed by atoms with E-state index in [1.54, 1.807) is 7.11 Å². The second-order valence-electron chi connectivity index (χ2n) is 4.16. The molecule has 0 amide bonds. The number of hydrogen-bond acceptors (Lipinski definition) is 5. The van der Waals surface area contributed by atoms with Crippen LogP contribution >= 0.6 is 0 Å². The fraction of sp³-hybridized carbons (Fsp3) is 0.692. The Bertz CT molecular complexity index is 358. The third kappa shape index (κ3) is 4.87. The molecule has 1 unspecified atom stereocenters. The molecule has 0 saturated carbocycles. The van der Waals surface area contributed by atoms with Crippen molar-refractivity contribution in [3.8, 4) is 5.88 Å². The molecule has 0 aliphatic carbocycles. The van der Waals surface area contributed by atoms with E-state index < -0.39 is 0 Å². The molecule has 0 aliphatic heterocycles. The lowest BCUT2D eigenvalue weighted by atomic mass is 10.2. The van der Waals surface area contributed by atoms with Crippen LogP contribution in [0.5, 0.6) is 5.88 Å². The molecule has 5 nitrogen and oxygen atoms in total. The first kappa shape index (κ1) is 14.7. The first-order valence-electron chi connectivity index (χ1n) is 6.45. The van der Waals surface area contributed by atoms with Gasteiger partial charge in [-0.2, -0.15) is 4.98 Å². The molecule has 0 bridgehead atoms. The molecule has 0 saturated heterocycles. The number of nitrogens with zero attached hydrogens (tertiary/aromatic N) is 2. The maximum atomic E-state index is 5.53. The second-order valence-corrected chi connectivity index (χ2v) is 4.16. The molecule has 1 aromatic heterocycles. The van der Waals surface area contributed by atoms with Crippen LogP contribution in [-0.4, -0.2) is 36.3 Å². The van der Waals surface area contributed by atoms with Crippen LogP contribution < -0.4 is 10.1 Å². The van der Waals surface area contributed by atoms with Gasteiger partial charge in [0.25, 0.3) is 0 Å². The summed E-state index contributed by atoms with van der Waals surface area (Å²) in [5.41, 5.74) is 0. The minimum absolute atomic E-state index is 0.386. The highest BCUT2D eigenvalue weighted by molar-refractivity contribution is 5.39. The van der Waals surface area contributed by atoms with Gasteiger partial charge in [0.15, 0.2) is 0 Å². The largest absolute Gasteiger partial charge is 0.475 e. The van der Waals surface area contributed by atoms with Crippen molar-refractivity contribution in [1.29, 1.82) is 0 Å². The molecule has 1 atom stereocenters. The van der Waals surface area contributed by atoms with E-state index in [9.17, 15) is 0 Å². The van der Waals surface area contributed by atoms with Crippen LogP contribution in [0.15, 0.2) is 6.07 Å². The normalized spacial score (nSPS) is 12.2. The quantitative estimate of drug-likeness (QED) is 0.720. The Morgan fingerprint density at radius 3 is 2.67 bits per heavy atom. The lowest BCUT2D eigenvalue weighted by molar-refractivity contribution is 0.143. The summed E-state index contributed by atoms with van der Waals surface area (Å²) in [4.78, 5) is 8.76. The number of nitrogens with one attached hydrogen (secondary N) is 1. The first-order chi connectivity index (χ1) is 8.69. The molecule has 1 aromatic rings. The molecule has 1 heterocycles. The molecular formula is C13H23N3O2. The van der Waals surface area contributed by atoms with E-state index in [1.165, 1.54) is 0 Å². The summed E-state index contributed by atoms with van der Waals surface area (Å²) >= 11 is 0. The summed E-state index contributed by atoms with van der Waals surface area (Å²) in [5, 5.41) is 3.33. The minimum atomic E-state index is 0.386. The van der Waals surface area contributed by atoms with E-state index in [0.29, 0.717) is 25.1 Å². The van der Waals surface area contributed by atoms with Gasteiger partial charge in [-0.25, -0.2) is 4.98 Å². The lowest BCUT2D eigenvalue weighted by Gasteiger charge is -2.14. The predicted molar refractivity (Wildman–Crippen MR) is 72.2 cm³/mol. The van der Waals surface area contributed by atoms with Crippen molar-refractivity contribution in [3.05, 3.63) is 11.9 Å². The highest BCUT2D eigenvalue weighted by atomic mass is 16.5. The Morgan fingerprint density at radius 2 is 2.06 bits per heavy atom. The highest BCUT2D eigenvalue weighted by Gasteiger charge is 2.06. The molecule has 1 rings (SSSR count). The predicted octanol–water partition coefficient (Wildman–Crippen LogP) is 2.27. The van der Waals surface area contributed by atoms with Gasteiger partial charge in [-0.15, -0.1) is 0 Å². The fourth-order valence-corrected chi connectivity index (χ4v) is 1.36. The van der Waals surface area contributed by atoms with E-state index in [-0.39, 0.29) is 0 Å². The Kier molecular flexibility index (Phi) is 6.43. The van der Waals surface area contributed by atoms with E-state index in [0.717, 1.165) is 24.5 Å². The molecule has 18 heavy (non-hydrogen) atoms. The zero-order chi connectivity index (χ0) is 13.4. The van der Waals surface area contributed by atoms with Crippen LogP contribution in [0, 0.1) is 0 Å². The zero-order valence-electron chi connectivity index (χ0n) is 11.7. The number of anilines is 1. The topological polar surface area (TPSA) is 56.3 Å². The maximum absolute atomic E-state index is 5.53. The number of methoxy groups -OCH3 is 1. The zero-order valence-corrected chi connectivity index (χ0v) is 11.7. The van der Waals surface area contributed by atoms with Gasteiger partial charge in [0.05, 0.1) is 6.61 Å². The maximum Gasteiger partial charge on any atom is 0.218 e. The van der Waals surface area contributed by atoms with Gasteiger partial charge in [0.1, 0.15) is 18.2 Å². The van der Waals surface area contributed by atoms with E-state index in [2.05, 4.69) is 29.1 Å². The van der Waals surface area contributed by atoms with E-state index >= 15 is 0 Å². The SMILES string of the molecule is CCc1nc(NC(C)CC)cc(OCCOC)n1. The van der Waals surface area contributed by atoms with Crippen molar-refractivity contribution in [1.82, 2.24) is 9.97 Å². The van der Waals surface area contributed by atoms with Crippen molar-refractivity contribution in [2.45, 2.75) is 39.7 Å². The smallest absolute Gasteiger partial charge is 0.218 e. The standard InChI is InChI=1S/C13H23N3O2/c1-5-10(3)14-12-9-13(18-8-7-17-4)16-11(6-2)15-12/h9-10H,5-8H2,1-4H3,(H,14,15,16). The van der Waals surface area contributed by atoms with Crippen LogP contribution in [0.4, 0.5) is 5.82 Å². The van der Waals surface area contributed by atoms with Crippen molar-refractivity contribution in [2.75, 3.05) is 25.6 Å². The second kappa shape index (κ2) is 7.87. The highest BCUT2D eigenvalue weighted by Crippen LogP contribution is 2.15. The molecule has 0 spiro atoms. The summed E-state index contributed by atoms with van der Waals surface area (Å²) in [5.74, 6) is 2.21. The molecule has 1 N–H and O–H groups in total. The van der Waals surface area contributed by atoms with Gasteiger partial charge in [0.2, 0.25) is 5.88 Å². The number of hydrogen-bond donors (Lipinski definition) is 1. The molecule has 0 aromatic carbocycles. The number of ether oxygens (including phenoxy) is 2. The van der Waals surface area contributed by atoms with Crippen LogP contribution in [-0.2, 0) is 11.2 Å². The number of aryl methyl sites for hydroxylation is 1. The molecule has 0 aliphatic rings. The molecule has 0 radical (unpaired) electrons. The van der Waals surface area contributed by atoms with Crippen molar-refractivity contribution >= 4 is 5.82 Å². The van der Waals surface area contributed by atoms with Crippen LogP contribution in [0.25, 0.3) is 0 Å². The van der Waals surface area contributed by atoms with Gasteiger partial charge in [-0.05, 0) is 13.3 Å². The summed E-state index contributed by atoms with van der Waals surface area (Å²) in [6, 6.07) is 2.22. The summed E-state index contributed by atoms with van der Waals surface area (Å²) < 4.78 is 10.5. The third-order valence-electron chi connectivity index (χ3n) is 2.61. The first-order valence-corrected chi connectivity index (χ1v) is 6.45. The van der Waals surface area contributed by atoms with E-state index in [1.807, 2.05) is 13.0 Å². The number of rotatable bonds is 8. The Hall–Kier alpha value is -1.36.